The average Bonchev–Trinajstić information content (AvgIpc) is 3.65. The van der Waals surface area contributed by atoms with Crippen molar-refractivity contribution in [3.05, 3.63) is 152 Å². The number of thiophene rings is 1. The molecule has 10 rings (SSSR count). The van der Waals surface area contributed by atoms with Crippen LogP contribution in [-0.2, 0) is 0 Å². The van der Waals surface area contributed by atoms with Crippen LogP contribution in [0.1, 0.15) is 0 Å². The van der Waals surface area contributed by atoms with Gasteiger partial charge in [0.15, 0.2) is 0 Å². The number of aromatic nitrogens is 3. The van der Waals surface area contributed by atoms with E-state index >= 15 is 0 Å². The lowest BCUT2D eigenvalue weighted by Gasteiger charge is -2.13. The molecular formula is C42H25N3S. The SMILES string of the molecule is c1ccc(-c2nc(-n3c4ccccc4c4cc5ccccc5cc43)nc3ccc(-c4ccc5c(c4)sc4ccccc45)cc23)cc1. The van der Waals surface area contributed by atoms with E-state index in [1.165, 1.54) is 47.3 Å². The molecule has 0 fully saturated rings. The van der Waals surface area contributed by atoms with Crippen LogP contribution in [0, 0.1) is 0 Å². The molecule has 0 saturated carbocycles. The molecule has 0 saturated heterocycles. The van der Waals surface area contributed by atoms with Crippen molar-refractivity contribution in [1.82, 2.24) is 14.5 Å². The standard InChI is InChI=1S/C42H25N3S/c1-2-10-26(11-3-1)41-35-23-29(30-18-20-33-32-15-7-9-17-39(32)46-40(33)25-30)19-21-36(35)43-42(44-41)45-37-16-8-6-14-31(37)34-22-27-12-4-5-13-28(27)24-38(34)45/h1-25H. The van der Waals surface area contributed by atoms with Gasteiger partial charge in [-0.3, -0.25) is 4.57 Å². The number of hydrogen-bond donors (Lipinski definition) is 0. The summed E-state index contributed by atoms with van der Waals surface area (Å²) in [5.74, 6) is 0.673. The molecule has 214 valence electrons. The first-order chi connectivity index (χ1) is 22.8. The van der Waals surface area contributed by atoms with E-state index in [0.717, 1.165) is 38.8 Å². The molecule has 0 aliphatic rings. The van der Waals surface area contributed by atoms with Gasteiger partial charge in [-0.25, -0.2) is 9.97 Å². The molecule has 0 unspecified atom stereocenters. The van der Waals surface area contributed by atoms with Gasteiger partial charge in [-0.15, -0.1) is 11.3 Å². The summed E-state index contributed by atoms with van der Waals surface area (Å²) in [6.45, 7) is 0. The van der Waals surface area contributed by atoms with E-state index in [4.69, 9.17) is 9.97 Å². The minimum Gasteiger partial charge on any atom is -0.278 e. The van der Waals surface area contributed by atoms with Crippen molar-refractivity contribution in [1.29, 1.82) is 0 Å². The molecular weight excluding hydrogens is 579 g/mol. The molecule has 0 N–H and O–H groups in total. The lowest BCUT2D eigenvalue weighted by molar-refractivity contribution is 1.01. The summed E-state index contributed by atoms with van der Waals surface area (Å²) in [6, 6.07) is 54.2. The summed E-state index contributed by atoms with van der Waals surface area (Å²) >= 11 is 1.85. The molecule has 10 aromatic rings. The van der Waals surface area contributed by atoms with Gasteiger partial charge in [0.05, 0.1) is 22.2 Å². The molecule has 0 atom stereocenters. The fourth-order valence-electron chi connectivity index (χ4n) is 6.99. The minimum atomic E-state index is 0.673. The second-order valence-corrected chi connectivity index (χ2v) is 12.9. The van der Waals surface area contributed by atoms with E-state index < -0.39 is 0 Å². The van der Waals surface area contributed by atoms with Crippen molar-refractivity contribution < 1.29 is 0 Å². The Hall–Kier alpha value is -5.84. The molecule has 0 radical (unpaired) electrons. The number of nitrogens with zero attached hydrogens (tertiary/aromatic N) is 3. The van der Waals surface area contributed by atoms with Crippen molar-refractivity contribution in [2.75, 3.05) is 0 Å². The monoisotopic (exact) mass is 603 g/mol. The van der Waals surface area contributed by atoms with E-state index in [1.54, 1.807) is 0 Å². The summed E-state index contributed by atoms with van der Waals surface area (Å²) in [7, 11) is 0. The zero-order chi connectivity index (χ0) is 30.2. The van der Waals surface area contributed by atoms with Crippen LogP contribution < -0.4 is 0 Å². The number of fused-ring (bicyclic) bond motifs is 8. The van der Waals surface area contributed by atoms with Crippen LogP contribution >= 0.6 is 11.3 Å². The van der Waals surface area contributed by atoms with E-state index in [-0.39, 0.29) is 0 Å². The van der Waals surface area contributed by atoms with Crippen LogP contribution in [-0.4, -0.2) is 14.5 Å². The van der Waals surface area contributed by atoms with Gasteiger partial charge in [-0.05, 0) is 64.4 Å². The number of hydrogen-bond acceptors (Lipinski definition) is 3. The summed E-state index contributed by atoms with van der Waals surface area (Å²) < 4.78 is 4.85. The van der Waals surface area contributed by atoms with Gasteiger partial charge in [-0.1, -0.05) is 109 Å². The molecule has 3 heterocycles. The molecule has 0 spiro atoms. The maximum atomic E-state index is 5.36. The van der Waals surface area contributed by atoms with Crippen LogP contribution in [0.15, 0.2) is 152 Å². The molecule has 3 aromatic heterocycles. The van der Waals surface area contributed by atoms with Crippen LogP contribution in [0.5, 0.6) is 0 Å². The molecule has 4 heteroatoms. The second kappa shape index (κ2) is 9.83. The predicted molar refractivity (Wildman–Crippen MR) is 195 cm³/mol. The van der Waals surface area contributed by atoms with E-state index in [1.807, 2.05) is 11.3 Å². The third kappa shape index (κ3) is 3.84. The fourth-order valence-corrected chi connectivity index (χ4v) is 8.13. The molecule has 7 aromatic carbocycles. The maximum Gasteiger partial charge on any atom is 0.235 e. The highest BCUT2D eigenvalue weighted by atomic mass is 32.1. The Morgan fingerprint density at radius 2 is 1.11 bits per heavy atom. The highest BCUT2D eigenvalue weighted by Crippen LogP contribution is 2.39. The molecule has 0 aliphatic heterocycles. The van der Waals surface area contributed by atoms with Crippen LogP contribution in [0.3, 0.4) is 0 Å². The summed E-state index contributed by atoms with van der Waals surface area (Å²) in [5, 5.41) is 8.48. The first-order valence-electron chi connectivity index (χ1n) is 15.5. The Kier molecular flexibility index (Phi) is 5.45. The summed E-state index contributed by atoms with van der Waals surface area (Å²) in [6.07, 6.45) is 0. The number of benzene rings is 7. The van der Waals surface area contributed by atoms with Gasteiger partial charge in [0, 0.05) is 41.9 Å². The average molecular weight is 604 g/mol. The van der Waals surface area contributed by atoms with Crippen molar-refractivity contribution >= 4 is 75.0 Å². The Balaban J connectivity index is 1.22. The normalized spacial score (nSPS) is 11.9. The first-order valence-corrected chi connectivity index (χ1v) is 16.3. The van der Waals surface area contributed by atoms with Crippen LogP contribution in [0.4, 0.5) is 0 Å². The Bertz CT molecular complexity index is 2810. The van der Waals surface area contributed by atoms with E-state index in [9.17, 15) is 0 Å². The first kappa shape index (κ1) is 25.5. The van der Waals surface area contributed by atoms with Gasteiger partial charge < -0.3 is 0 Å². The van der Waals surface area contributed by atoms with Crippen LogP contribution in [0.25, 0.3) is 92.0 Å². The molecule has 46 heavy (non-hydrogen) atoms. The highest BCUT2D eigenvalue weighted by Gasteiger charge is 2.18. The molecule has 3 nitrogen and oxygen atoms in total. The Labute approximate surface area is 268 Å². The molecule has 0 amide bonds. The lowest BCUT2D eigenvalue weighted by atomic mass is 9.99. The number of rotatable bonds is 3. The lowest BCUT2D eigenvalue weighted by Crippen LogP contribution is -2.03. The quantitative estimate of drug-likeness (QED) is 0.201. The molecule has 0 aliphatic carbocycles. The van der Waals surface area contributed by atoms with Gasteiger partial charge in [0.25, 0.3) is 0 Å². The topological polar surface area (TPSA) is 30.7 Å². The van der Waals surface area contributed by atoms with Crippen LogP contribution in [0.2, 0.25) is 0 Å². The number of para-hydroxylation sites is 1. The zero-order valence-electron chi connectivity index (χ0n) is 24.7. The van der Waals surface area contributed by atoms with Crippen molar-refractivity contribution in [2.45, 2.75) is 0 Å². The van der Waals surface area contributed by atoms with Gasteiger partial charge in [0.2, 0.25) is 5.95 Å². The minimum absolute atomic E-state index is 0.673. The summed E-state index contributed by atoms with van der Waals surface area (Å²) in [5.41, 5.74) is 7.46. The van der Waals surface area contributed by atoms with Crippen molar-refractivity contribution in [3.8, 4) is 28.3 Å². The smallest absolute Gasteiger partial charge is 0.235 e. The largest absolute Gasteiger partial charge is 0.278 e. The Morgan fingerprint density at radius 3 is 2.00 bits per heavy atom. The second-order valence-electron chi connectivity index (χ2n) is 11.8. The summed E-state index contributed by atoms with van der Waals surface area (Å²) in [4.78, 5) is 10.6. The maximum absolute atomic E-state index is 5.36. The van der Waals surface area contributed by atoms with Crippen molar-refractivity contribution in [3.63, 3.8) is 0 Å². The van der Waals surface area contributed by atoms with Crippen molar-refractivity contribution in [2.24, 2.45) is 0 Å². The zero-order valence-corrected chi connectivity index (χ0v) is 25.5. The van der Waals surface area contributed by atoms with E-state index in [0.29, 0.717) is 5.95 Å². The van der Waals surface area contributed by atoms with E-state index in [2.05, 4.69) is 156 Å². The van der Waals surface area contributed by atoms with Gasteiger partial charge in [0.1, 0.15) is 0 Å². The van der Waals surface area contributed by atoms with Gasteiger partial charge in [-0.2, -0.15) is 0 Å². The fraction of sp³-hybridized carbons (Fsp3) is 0. The predicted octanol–water partition coefficient (Wildman–Crippen LogP) is 11.6. The third-order valence-corrected chi connectivity index (χ3v) is 10.3. The molecule has 0 bridgehead atoms. The highest BCUT2D eigenvalue weighted by molar-refractivity contribution is 7.25. The Morgan fingerprint density at radius 1 is 0.413 bits per heavy atom. The van der Waals surface area contributed by atoms with Gasteiger partial charge >= 0.3 is 0 Å². The third-order valence-electron chi connectivity index (χ3n) is 9.18.